The van der Waals surface area contributed by atoms with Gasteiger partial charge in [-0.15, -0.1) is 0 Å². The van der Waals surface area contributed by atoms with Crippen LogP contribution in [0.2, 0.25) is 0 Å². The van der Waals surface area contributed by atoms with Gasteiger partial charge in [0.2, 0.25) is 0 Å². The predicted molar refractivity (Wildman–Crippen MR) is 73.3 cm³/mol. The Kier molecular flexibility index (Phi) is 4.94. The van der Waals surface area contributed by atoms with Gasteiger partial charge in [0.05, 0.1) is 18.5 Å². The monoisotopic (exact) mass is 264 g/mol. The molecule has 0 aromatic heterocycles. The highest BCUT2D eigenvalue weighted by molar-refractivity contribution is 5.78. The molecule has 1 aliphatic rings. The lowest BCUT2D eigenvalue weighted by Gasteiger charge is -2.27. The summed E-state index contributed by atoms with van der Waals surface area (Å²) in [5.74, 6) is 5.87. The van der Waals surface area contributed by atoms with Crippen LogP contribution in [0, 0.1) is 0 Å². The molecule has 1 heterocycles. The van der Waals surface area contributed by atoms with E-state index in [4.69, 9.17) is 15.3 Å². The van der Waals surface area contributed by atoms with E-state index in [0.29, 0.717) is 12.4 Å². The van der Waals surface area contributed by atoms with Gasteiger partial charge in [0.25, 0.3) is 0 Å². The van der Waals surface area contributed by atoms with Gasteiger partial charge in [0.15, 0.2) is 5.60 Å². The molecule has 5 heteroatoms. The smallest absolute Gasteiger partial charge is 0.349 e. The molecule has 0 bridgehead atoms. The molecule has 0 fully saturated rings. The molecule has 5 nitrogen and oxygen atoms in total. The molecular formula is C14H20N2O3. The van der Waals surface area contributed by atoms with Crippen molar-refractivity contribution in [3.8, 4) is 0 Å². The highest BCUT2D eigenvalue weighted by Gasteiger charge is 2.32. The van der Waals surface area contributed by atoms with Crippen molar-refractivity contribution in [3.63, 3.8) is 0 Å². The molecule has 0 spiro atoms. The van der Waals surface area contributed by atoms with Gasteiger partial charge in [0, 0.05) is 0 Å². The lowest BCUT2D eigenvalue weighted by Crippen LogP contribution is -2.37. The third kappa shape index (κ3) is 3.99. The maximum absolute atomic E-state index is 11.7. The number of rotatable bonds is 5. The van der Waals surface area contributed by atoms with E-state index in [1.54, 1.807) is 51.3 Å². The van der Waals surface area contributed by atoms with E-state index in [1.165, 1.54) is 5.01 Å². The molecule has 0 unspecified atom stereocenters. The summed E-state index contributed by atoms with van der Waals surface area (Å²) in [6.45, 7) is 8.97. The fraction of sp³-hybridized carbons (Fsp3) is 0.357. The van der Waals surface area contributed by atoms with Crippen molar-refractivity contribution in [2.24, 2.45) is 5.84 Å². The number of carbonyl (C=O) groups is 1. The van der Waals surface area contributed by atoms with Gasteiger partial charge in [-0.2, -0.15) is 0 Å². The van der Waals surface area contributed by atoms with Gasteiger partial charge >= 0.3 is 5.97 Å². The van der Waals surface area contributed by atoms with Crippen LogP contribution in [0.15, 0.2) is 48.5 Å². The first kappa shape index (κ1) is 15.0. The normalized spacial score (nSPS) is 17.2. The quantitative estimate of drug-likeness (QED) is 0.608. The van der Waals surface area contributed by atoms with Crippen LogP contribution in [0.1, 0.15) is 20.8 Å². The number of hydrogen-bond acceptors (Lipinski definition) is 5. The Morgan fingerprint density at radius 2 is 2.21 bits per heavy atom. The maximum atomic E-state index is 11.7. The average Bonchev–Trinajstić information content (AvgIpc) is 2.32. The van der Waals surface area contributed by atoms with Crippen molar-refractivity contribution in [3.05, 3.63) is 48.5 Å². The van der Waals surface area contributed by atoms with Gasteiger partial charge in [-0.25, -0.2) is 10.6 Å². The van der Waals surface area contributed by atoms with Gasteiger partial charge in [-0.1, -0.05) is 12.7 Å². The van der Waals surface area contributed by atoms with Crippen molar-refractivity contribution < 1.29 is 14.3 Å². The zero-order chi connectivity index (χ0) is 14.5. The summed E-state index contributed by atoms with van der Waals surface area (Å²) >= 11 is 0. The van der Waals surface area contributed by atoms with Crippen molar-refractivity contribution >= 4 is 5.97 Å². The van der Waals surface area contributed by atoms with Crippen LogP contribution in [0.25, 0.3) is 0 Å². The first-order chi connectivity index (χ1) is 8.90. The van der Waals surface area contributed by atoms with Crippen LogP contribution in [-0.2, 0) is 14.3 Å². The summed E-state index contributed by atoms with van der Waals surface area (Å²) in [7, 11) is 0. The third-order valence-electron chi connectivity index (χ3n) is 2.41. The van der Waals surface area contributed by atoms with E-state index < -0.39 is 11.6 Å². The predicted octanol–water partition coefficient (Wildman–Crippen LogP) is 2.00. The summed E-state index contributed by atoms with van der Waals surface area (Å²) in [4.78, 5) is 11.7. The Balaban J connectivity index is 2.77. The van der Waals surface area contributed by atoms with Gasteiger partial charge in [-0.3, -0.25) is 5.01 Å². The molecule has 1 rings (SSSR count). The summed E-state index contributed by atoms with van der Waals surface area (Å²) in [6, 6.07) is 0. The van der Waals surface area contributed by atoms with Gasteiger partial charge < -0.3 is 9.47 Å². The summed E-state index contributed by atoms with van der Waals surface area (Å²) < 4.78 is 10.6. The van der Waals surface area contributed by atoms with Crippen LogP contribution < -0.4 is 5.84 Å². The van der Waals surface area contributed by atoms with Crippen LogP contribution in [0.3, 0.4) is 0 Å². The number of ether oxygens (including phenoxy) is 2. The van der Waals surface area contributed by atoms with E-state index in [1.807, 2.05) is 0 Å². The second kappa shape index (κ2) is 6.24. The minimum Gasteiger partial charge on any atom is -0.475 e. The van der Waals surface area contributed by atoms with Crippen LogP contribution in [0.5, 0.6) is 0 Å². The molecule has 0 aromatic rings. The topological polar surface area (TPSA) is 64.8 Å². The lowest BCUT2D eigenvalue weighted by atomic mass is 10.1. The second-order valence-corrected chi connectivity index (χ2v) is 4.43. The minimum absolute atomic E-state index is 0.315. The van der Waals surface area contributed by atoms with Crippen LogP contribution in [-0.4, -0.2) is 23.2 Å². The standard InChI is InChI=1S/C14H20N2O3/c1-5-7-11-8-9-12(10-16(11)15)19-14(3,4)13(17)18-6-2/h5,7-10H,1,6,15H2,2-4H3/b11-7-. The zero-order valence-corrected chi connectivity index (χ0v) is 11.6. The molecule has 0 amide bonds. The highest BCUT2D eigenvalue weighted by Crippen LogP contribution is 2.21. The first-order valence-electron chi connectivity index (χ1n) is 6.03. The summed E-state index contributed by atoms with van der Waals surface area (Å²) in [5.41, 5.74) is -0.288. The molecule has 1 aliphatic heterocycles. The van der Waals surface area contributed by atoms with Crippen molar-refractivity contribution in [1.29, 1.82) is 0 Å². The molecule has 0 atom stereocenters. The molecule has 0 aromatic carbocycles. The Labute approximate surface area is 113 Å². The summed E-state index contributed by atoms with van der Waals surface area (Å²) in [6.07, 6.45) is 8.51. The second-order valence-electron chi connectivity index (χ2n) is 4.43. The average molecular weight is 264 g/mol. The molecule has 0 aliphatic carbocycles. The number of hydrazine groups is 1. The summed E-state index contributed by atoms with van der Waals surface area (Å²) in [5, 5.41) is 1.40. The van der Waals surface area contributed by atoms with E-state index in [9.17, 15) is 4.79 Å². The van der Waals surface area contributed by atoms with Crippen LogP contribution >= 0.6 is 0 Å². The largest absolute Gasteiger partial charge is 0.475 e. The first-order valence-corrected chi connectivity index (χ1v) is 6.03. The maximum Gasteiger partial charge on any atom is 0.349 e. The van der Waals surface area contributed by atoms with Gasteiger partial charge in [0.1, 0.15) is 5.76 Å². The molecule has 2 N–H and O–H groups in total. The van der Waals surface area contributed by atoms with E-state index in [0.717, 1.165) is 5.70 Å². The molecule has 0 saturated carbocycles. The van der Waals surface area contributed by atoms with Gasteiger partial charge in [-0.05, 0) is 39.0 Å². The molecular weight excluding hydrogens is 244 g/mol. The van der Waals surface area contributed by atoms with Crippen molar-refractivity contribution in [2.45, 2.75) is 26.4 Å². The van der Waals surface area contributed by atoms with Crippen LogP contribution in [0.4, 0.5) is 0 Å². The zero-order valence-electron chi connectivity index (χ0n) is 11.6. The minimum atomic E-state index is -1.06. The number of nitrogens with zero attached hydrogens (tertiary/aromatic N) is 1. The third-order valence-corrected chi connectivity index (χ3v) is 2.41. The number of carbonyl (C=O) groups excluding carboxylic acids is 1. The Morgan fingerprint density at radius 1 is 1.53 bits per heavy atom. The molecule has 104 valence electrons. The molecule has 19 heavy (non-hydrogen) atoms. The van der Waals surface area contributed by atoms with Crippen molar-refractivity contribution in [1.82, 2.24) is 5.01 Å². The lowest BCUT2D eigenvalue weighted by molar-refractivity contribution is -0.163. The molecule has 0 radical (unpaired) electrons. The Hall–Kier alpha value is -2.01. The fourth-order valence-electron chi connectivity index (χ4n) is 1.47. The number of nitrogens with two attached hydrogens (primary N) is 1. The Bertz CT molecular complexity index is 448. The van der Waals surface area contributed by atoms with E-state index >= 15 is 0 Å². The highest BCUT2D eigenvalue weighted by atomic mass is 16.6. The SMILES string of the molecule is C=C/C=C1/C=CC(OC(C)(C)C(=O)OCC)=CN1N. The van der Waals surface area contributed by atoms with E-state index in [-0.39, 0.29) is 0 Å². The number of hydrogen-bond donors (Lipinski definition) is 1. The molecule has 0 saturated heterocycles. The fourth-order valence-corrected chi connectivity index (χ4v) is 1.47. The van der Waals surface area contributed by atoms with E-state index in [2.05, 4.69) is 6.58 Å². The number of esters is 1. The van der Waals surface area contributed by atoms with Crippen molar-refractivity contribution in [2.75, 3.05) is 6.61 Å². The number of allylic oxidation sites excluding steroid dienone is 4. The Morgan fingerprint density at radius 3 is 2.74 bits per heavy atom.